The predicted molar refractivity (Wildman–Crippen MR) is 82.9 cm³/mol. The number of amides is 1. The van der Waals surface area contributed by atoms with E-state index in [2.05, 4.69) is 12.2 Å². The summed E-state index contributed by atoms with van der Waals surface area (Å²) < 4.78 is 11.1. The average Bonchev–Trinajstić information content (AvgIpc) is 3.01. The van der Waals surface area contributed by atoms with E-state index in [0.29, 0.717) is 31.5 Å². The van der Waals surface area contributed by atoms with Crippen molar-refractivity contribution in [1.29, 1.82) is 0 Å². The summed E-state index contributed by atoms with van der Waals surface area (Å²) in [7, 11) is 0. The van der Waals surface area contributed by atoms with Crippen LogP contribution in [0.4, 0.5) is 0 Å². The van der Waals surface area contributed by atoms with Gasteiger partial charge in [0.05, 0.1) is 6.26 Å². The molecule has 0 saturated carbocycles. The van der Waals surface area contributed by atoms with Gasteiger partial charge in [-0.05, 0) is 25.1 Å². The third-order valence-electron chi connectivity index (χ3n) is 3.73. The van der Waals surface area contributed by atoms with Gasteiger partial charge < -0.3 is 19.4 Å². The van der Waals surface area contributed by atoms with Gasteiger partial charge in [0, 0.05) is 31.2 Å². The standard InChI is InChI=1S/C17H20N2O3/c1-13-11-19(9-8-18-13)17(20)16-14(7-10-21-16)12-22-15-5-3-2-4-6-15/h2-7,10,13,18H,8-9,11-12H2,1H3/t13-/m1/s1. The van der Waals surface area contributed by atoms with Crippen LogP contribution >= 0.6 is 0 Å². The molecule has 1 atom stereocenters. The molecule has 0 bridgehead atoms. The first-order valence-corrected chi connectivity index (χ1v) is 7.51. The Balaban J connectivity index is 1.67. The molecule has 2 aromatic rings. The minimum atomic E-state index is -0.0648. The van der Waals surface area contributed by atoms with E-state index < -0.39 is 0 Å². The van der Waals surface area contributed by atoms with Crippen LogP contribution in [0.15, 0.2) is 47.1 Å². The van der Waals surface area contributed by atoms with E-state index in [-0.39, 0.29) is 5.91 Å². The van der Waals surface area contributed by atoms with Gasteiger partial charge in [0.1, 0.15) is 12.4 Å². The molecule has 22 heavy (non-hydrogen) atoms. The van der Waals surface area contributed by atoms with Crippen LogP contribution in [-0.2, 0) is 6.61 Å². The molecule has 0 radical (unpaired) electrons. The Kier molecular flexibility index (Phi) is 4.44. The molecule has 1 aromatic carbocycles. The highest BCUT2D eigenvalue weighted by atomic mass is 16.5. The molecular weight excluding hydrogens is 280 g/mol. The quantitative estimate of drug-likeness (QED) is 0.941. The van der Waals surface area contributed by atoms with Crippen LogP contribution in [0, 0.1) is 0 Å². The topological polar surface area (TPSA) is 54.7 Å². The summed E-state index contributed by atoms with van der Waals surface area (Å²) in [5.74, 6) is 1.09. The lowest BCUT2D eigenvalue weighted by molar-refractivity contribution is 0.0673. The number of ether oxygens (including phenoxy) is 1. The summed E-state index contributed by atoms with van der Waals surface area (Å²) in [6.07, 6.45) is 1.54. The molecule has 2 heterocycles. The number of rotatable bonds is 4. The number of hydrogen-bond acceptors (Lipinski definition) is 4. The van der Waals surface area contributed by atoms with Gasteiger partial charge in [-0.15, -0.1) is 0 Å². The molecule has 0 unspecified atom stereocenters. The maximum Gasteiger partial charge on any atom is 0.290 e. The highest BCUT2D eigenvalue weighted by Gasteiger charge is 2.25. The fourth-order valence-electron chi connectivity index (χ4n) is 2.58. The van der Waals surface area contributed by atoms with Crippen molar-refractivity contribution in [3.63, 3.8) is 0 Å². The lowest BCUT2D eigenvalue weighted by atomic mass is 10.2. The summed E-state index contributed by atoms with van der Waals surface area (Å²) in [5, 5.41) is 3.32. The molecular formula is C17H20N2O3. The normalized spacial score (nSPS) is 18.2. The van der Waals surface area contributed by atoms with Crippen molar-refractivity contribution in [2.45, 2.75) is 19.6 Å². The van der Waals surface area contributed by atoms with Crippen molar-refractivity contribution in [3.05, 3.63) is 54.0 Å². The zero-order valence-corrected chi connectivity index (χ0v) is 12.6. The lowest BCUT2D eigenvalue weighted by Crippen LogP contribution is -2.51. The second-order valence-corrected chi connectivity index (χ2v) is 5.48. The highest BCUT2D eigenvalue weighted by Crippen LogP contribution is 2.18. The third kappa shape index (κ3) is 3.31. The first-order valence-electron chi connectivity index (χ1n) is 7.51. The van der Waals surface area contributed by atoms with Gasteiger partial charge in [-0.3, -0.25) is 4.79 Å². The lowest BCUT2D eigenvalue weighted by Gasteiger charge is -2.31. The molecule has 1 amide bonds. The Morgan fingerprint density at radius 1 is 1.36 bits per heavy atom. The Labute approximate surface area is 129 Å². The zero-order valence-electron chi connectivity index (χ0n) is 12.6. The SMILES string of the molecule is C[C@@H]1CN(C(=O)c2occc2COc2ccccc2)CCN1. The van der Waals surface area contributed by atoms with Crippen LogP contribution in [0.25, 0.3) is 0 Å². The number of nitrogens with zero attached hydrogens (tertiary/aromatic N) is 1. The number of piperazine rings is 1. The fourth-order valence-corrected chi connectivity index (χ4v) is 2.58. The molecule has 0 aliphatic carbocycles. The van der Waals surface area contributed by atoms with E-state index in [1.807, 2.05) is 35.2 Å². The second-order valence-electron chi connectivity index (χ2n) is 5.48. The number of carbonyl (C=O) groups is 1. The molecule has 3 rings (SSSR count). The van der Waals surface area contributed by atoms with E-state index in [0.717, 1.165) is 17.9 Å². The number of nitrogens with one attached hydrogen (secondary N) is 1. The summed E-state index contributed by atoms with van der Waals surface area (Å²) in [4.78, 5) is 14.4. The van der Waals surface area contributed by atoms with Gasteiger partial charge in [0.15, 0.2) is 5.76 Å². The van der Waals surface area contributed by atoms with Crippen LogP contribution < -0.4 is 10.1 Å². The van der Waals surface area contributed by atoms with E-state index in [1.54, 1.807) is 12.3 Å². The highest BCUT2D eigenvalue weighted by molar-refractivity contribution is 5.93. The van der Waals surface area contributed by atoms with Gasteiger partial charge >= 0.3 is 0 Å². The first-order chi connectivity index (χ1) is 10.7. The molecule has 1 fully saturated rings. The summed E-state index contributed by atoms with van der Waals surface area (Å²) in [5.41, 5.74) is 0.778. The third-order valence-corrected chi connectivity index (χ3v) is 3.73. The molecule has 116 valence electrons. The average molecular weight is 300 g/mol. The Morgan fingerprint density at radius 3 is 2.95 bits per heavy atom. The molecule has 0 spiro atoms. The van der Waals surface area contributed by atoms with E-state index in [9.17, 15) is 4.79 Å². The first kappa shape index (κ1) is 14.7. The van der Waals surface area contributed by atoms with Crippen LogP contribution in [0.5, 0.6) is 5.75 Å². The van der Waals surface area contributed by atoms with Crippen molar-refractivity contribution in [2.24, 2.45) is 0 Å². The van der Waals surface area contributed by atoms with Crippen molar-refractivity contribution < 1.29 is 13.9 Å². The van der Waals surface area contributed by atoms with E-state index >= 15 is 0 Å². The Bertz CT molecular complexity index is 624. The number of furan rings is 1. The van der Waals surface area contributed by atoms with Crippen LogP contribution in [-0.4, -0.2) is 36.5 Å². The van der Waals surface area contributed by atoms with Crippen molar-refractivity contribution in [2.75, 3.05) is 19.6 Å². The maximum atomic E-state index is 12.6. The number of benzene rings is 1. The number of carbonyl (C=O) groups excluding carboxylic acids is 1. The van der Waals surface area contributed by atoms with Crippen LogP contribution in [0.3, 0.4) is 0 Å². The Hall–Kier alpha value is -2.27. The molecule has 5 heteroatoms. The number of hydrogen-bond donors (Lipinski definition) is 1. The van der Waals surface area contributed by atoms with Gasteiger partial charge in [-0.25, -0.2) is 0 Å². The Morgan fingerprint density at radius 2 is 2.18 bits per heavy atom. The molecule has 1 aliphatic heterocycles. The van der Waals surface area contributed by atoms with Crippen LogP contribution in [0.1, 0.15) is 23.0 Å². The number of para-hydroxylation sites is 1. The van der Waals surface area contributed by atoms with E-state index in [1.165, 1.54) is 0 Å². The summed E-state index contributed by atoms with van der Waals surface area (Å²) >= 11 is 0. The molecule has 1 saturated heterocycles. The fraction of sp³-hybridized carbons (Fsp3) is 0.353. The minimum absolute atomic E-state index is 0.0648. The maximum absolute atomic E-state index is 12.6. The van der Waals surface area contributed by atoms with E-state index in [4.69, 9.17) is 9.15 Å². The molecule has 1 N–H and O–H groups in total. The largest absolute Gasteiger partial charge is 0.489 e. The van der Waals surface area contributed by atoms with Crippen LogP contribution in [0.2, 0.25) is 0 Å². The smallest absolute Gasteiger partial charge is 0.290 e. The predicted octanol–water partition coefficient (Wildman–Crippen LogP) is 2.29. The van der Waals surface area contributed by atoms with Gasteiger partial charge in [0.2, 0.25) is 0 Å². The van der Waals surface area contributed by atoms with Gasteiger partial charge in [0.25, 0.3) is 5.91 Å². The molecule has 1 aromatic heterocycles. The van der Waals surface area contributed by atoms with Crippen molar-refractivity contribution in [3.8, 4) is 5.75 Å². The molecule has 5 nitrogen and oxygen atoms in total. The second kappa shape index (κ2) is 6.66. The van der Waals surface area contributed by atoms with Gasteiger partial charge in [-0.1, -0.05) is 18.2 Å². The van der Waals surface area contributed by atoms with Gasteiger partial charge in [-0.2, -0.15) is 0 Å². The zero-order chi connectivity index (χ0) is 15.4. The summed E-state index contributed by atoms with van der Waals surface area (Å²) in [6, 6.07) is 11.6. The van der Waals surface area contributed by atoms with Crippen molar-refractivity contribution >= 4 is 5.91 Å². The molecule has 1 aliphatic rings. The summed E-state index contributed by atoms with van der Waals surface area (Å²) in [6.45, 7) is 4.59. The van der Waals surface area contributed by atoms with Crippen molar-refractivity contribution in [1.82, 2.24) is 10.2 Å². The monoisotopic (exact) mass is 300 g/mol. The minimum Gasteiger partial charge on any atom is -0.489 e.